The van der Waals surface area contributed by atoms with Crippen LogP contribution in [0.5, 0.6) is 0 Å². The summed E-state index contributed by atoms with van der Waals surface area (Å²) in [6, 6.07) is 0. The van der Waals surface area contributed by atoms with Gasteiger partial charge in [-0.15, -0.1) is 12.4 Å². The van der Waals surface area contributed by atoms with Gasteiger partial charge in [0, 0.05) is 19.3 Å². The Labute approximate surface area is 128 Å². The van der Waals surface area contributed by atoms with Crippen molar-refractivity contribution in [1.29, 1.82) is 0 Å². The fourth-order valence-electron chi connectivity index (χ4n) is 2.72. The van der Waals surface area contributed by atoms with Crippen LogP contribution in [-0.2, 0) is 14.6 Å². The predicted octanol–water partition coefficient (Wildman–Crippen LogP) is 1.22. The van der Waals surface area contributed by atoms with E-state index in [0.29, 0.717) is 39.0 Å². The fourth-order valence-corrected chi connectivity index (χ4v) is 4.11. The minimum atomic E-state index is -3.40. The van der Waals surface area contributed by atoms with Crippen molar-refractivity contribution in [3.8, 4) is 0 Å². The summed E-state index contributed by atoms with van der Waals surface area (Å²) in [6.45, 7) is 6.46. The molecular formula is C13H27ClN2O3S. The van der Waals surface area contributed by atoms with E-state index < -0.39 is 14.6 Å². The van der Waals surface area contributed by atoms with Crippen LogP contribution in [0.1, 0.15) is 39.5 Å². The number of piperidine rings is 1. The third-order valence-electron chi connectivity index (χ3n) is 3.79. The van der Waals surface area contributed by atoms with Crippen LogP contribution in [0.25, 0.3) is 0 Å². The highest BCUT2D eigenvalue weighted by atomic mass is 35.5. The monoisotopic (exact) mass is 326 g/mol. The molecule has 0 atom stereocenters. The summed E-state index contributed by atoms with van der Waals surface area (Å²) in [5, 5.41) is 3.13. The number of carbonyl (C=O) groups excluding carboxylic acids is 1. The Morgan fingerprint density at radius 1 is 1.15 bits per heavy atom. The highest BCUT2D eigenvalue weighted by molar-refractivity contribution is 7.92. The zero-order valence-electron chi connectivity index (χ0n) is 12.6. The molecule has 1 heterocycles. The Morgan fingerprint density at radius 2 is 1.60 bits per heavy atom. The predicted molar refractivity (Wildman–Crippen MR) is 84.1 cm³/mol. The first kappa shape index (κ1) is 19.7. The lowest BCUT2D eigenvalue weighted by Gasteiger charge is -2.38. The molecule has 0 aromatic heterocycles. The van der Waals surface area contributed by atoms with Gasteiger partial charge in [0.2, 0.25) is 5.91 Å². The van der Waals surface area contributed by atoms with Gasteiger partial charge in [0.25, 0.3) is 0 Å². The third-order valence-corrected chi connectivity index (χ3v) is 5.79. The Morgan fingerprint density at radius 3 is 1.95 bits per heavy atom. The largest absolute Gasteiger partial charge is 0.341 e. The first-order chi connectivity index (χ1) is 8.89. The van der Waals surface area contributed by atoms with Crippen molar-refractivity contribution in [3.05, 3.63) is 0 Å². The Balaban J connectivity index is 0.00000361. The molecule has 0 aromatic carbocycles. The summed E-state index contributed by atoms with van der Waals surface area (Å²) < 4.78 is 23.2. The minimum Gasteiger partial charge on any atom is -0.341 e. The lowest BCUT2D eigenvalue weighted by molar-refractivity contribution is -0.134. The van der Waals surface area contributed by atoms with Crippen LogP contribution in [0.15, 0.2) is 0 Å². The Kier molecular flexibility index (Phi) is 8.06. The second-order valence-electron chi connectivity index (χ2n) is 5.31. The normalized spacial score (nSPS) is 18.1. The van der Waals surface area contributed by atoms with Gasteiger partial charge in [-0.2, -0.15) is 0 Å². The Bertz CT molecular complexity index is 400. The first-order valence-corrected chi connectivity index (χ1v) is 8.98. The van der Waals surface area contributed by atoms with Gasteiger partial charge in [-0.25, -0.2) is 8.42 Å². The van der Waals surface area contributed by atoms with Gasteiger partial charge in [0.1, 0.15) is 0 Å². The summed E-state index contributed by atoms with van der Waals surface area (Å²) in [4.78, 5) is 14.5. The number of nitrogens with zero attached hydrogens (tertiary/aromatic N) is 1. The standard InChI is InChI=1S/C13H26N2O3S.ClH/c1-4-10-15(11-5-2)12(16)13(19(3,17)18)6-8-14-9-7-13;/h14H,4-11H2,1-3H3;1H. The molecule has 1 saturated heterocycles. The fraction of sp³-hybridized carbons (Fsp3) is 0.923. The van der Waals surface area contributed by atoms with Crippen molar-refractivity contribution < 1.29 is 13.2 Å². The molecule has 0 saturated carbocycles. The second-order valence-corrected chi connectivity index (χ2v) is 7.63. The SMILES string of the molecule is CCCN(CCC)C(=O)C1(S(C)(=O)=O)CCNCC1.Cl. The maximum Gasteiger partial charge on any atom is 0.244 e. The van der Waals surface area contributed by atoms with E-state index in [4.69, 9.17) is 0 Å². The number of sulfone groups is 1. The lowest BCUT2D eigenvalue weighted by Crippen LogP contribution is -2.58. The smallest absolute Gasteiger partial charge is 0.244 e. The summed E-state index contributed by atoms with van der Waals surface area (Å²) >= 11 is 0. The zero-order valence-corrected chi connectivity index (χ0v) is 14.3. The summed E-state index contributed by atoms with van der Waals surface area (Å²) in [6.07, 6.45) is 3.67. The van der Waals surface area contributed by atoms with Crippen molar-refractivity contribution in [2.24, 2.45) is 0 Å². The molecule has 7 heteroatoms. The number of rotatable bonds is 6. The maximum atomic E-state index is 12.8. The number of carbonyl (C=O) groups is 1. The molecule has 1 aliphatic rings. The molecule has 120 valence electrons. The molecule has 0 spiro atoms. The van der Waals surface area contributed by atoms with Gasteiger partial charge >= 0.3 is 0 Å². The lowest BCUT2D eigenvalue weighted by atomic mass is 9.95. The number of nitrogens with one attached hydrogen (secondary N) is 1. The Hall–Kier alpha value is -0.330. The molecule has 0 bridgehead atoms. The third kappa shape index (κ3) is 4.09. The van der Waals surface area contributed by atoms with Crippen molar-refractivity contribution in [1.82, 2.24) is 10.2 Å². The van der Waals surface area contributed by atoms with E-state index in [1.165, 1.54) is 6.26 Å². The maximum absolute atomic E-state index is 12.8. The van der Waals surface area contributed by atoms with Crippen LogP contribution in [0.4, 0.5) is 0 Å². The minimum absolute atomic E-state index is 0. The highest BCUT2D eigenvalue weighted by Gasteiger charge is 2.50. The summed E-state index contributed by atoms with van der Waals surface area (Å²) in [5.74, 6) is -0.194. The average Bonchev–Trinajstić information content (AvgIpc) is 2.37. The van der Waals surface area contributed by atoms with Crippen molar-refractivity contribution in [2.45, 2.75) is 44.3 Å². The highest BCUT2D eigenvalue weighted by Crippen LogP contribution is 2.30. The topological polar surface area (TPSA) is 66.5 Å². The van der Waals surface area contributed by atoms with Crippen LogP contribution >= 0.6 is 12.4 Å². The summed E-state index contributed by atoms with van der Waals surface area (Å²) in [7, 11) is -3.40. The van der Waals surface area contributed by atoms with Crippen LogP contribution in [0, 0.1) is 0 Å². The van der Waals surface area contributed by atoms with E-state index in [9.17, 15) is 13.2 Å². The van der Waals surface area contributed by atoms with Crippen molar-refractivity contribution in [2.75, 3.05) is 32.4 Å². The molecule has 5 nitrogen and oxygen atoms in total. The first-order valence-electron chi connectivity index (χ1n) is 7.08. The molecule has 1 rings (SSSR count). The quantitative estimate of drug-likeness (QED) is 0.797. The molecule has 0 radical (unpaired) electrons. The van der Waals surface area contributed by atoms with E-state index in [2.05, 4.69) is 5.32 Å². The molecule has 0 aliphatic carbocycles. The molecule has 20 heavy (non-hydrogen) atoms. The molecule has 1 N–H and O–H groups in total. The van der Waals surface area contributed by atoms with E-state index in [1.54, 1.807) is 4.90 Å². The van der Waals surface area contributed by atoms with Gasteiger partial charge < -0.3 is 10.2 Å². The van der Waals surface area contributed by atoms with E-state index in [1.807, 2.05) is 13.8 Å². The van der Waals surface area contributed by atoms with E-state index in [-0.39, 0.29) is 18.3 Å². The van der Waals surface area contributed by atoms with Crippen LogP contribution in [0.2, 0.25) is 0 Å². The average molecular weight is 327 g/mol. The number of hydrogen-bond acceptors (Lipinski definition) is 4. The van der Waals surface area contributed by atoms with Crippen LogP contribution in [-0.4, -0.2) is 56.4 Å². The molecular weight excluding hydrogens is 300 g/mol. The van der Waals surface area contributed by atoms with E-state index >= 15 is 0 Å². The number of hydrogen-bond donors (Lipinski definition) is 1. The van der Waals surface area contributed by atoms with Gasteiger partial charge in [0.15, 0.2) is 14.6 Å². The van der Waals surface area contributed by atoms with E-state index in [0.717, 1.165) is 12.8 Å². The zero-order chi connectivity index (χ0) is 14.5. The van der Waals surface area contributed by atoms with Gasteiger partial charge in [-0.05, 0) is 38.8 Å². The van der Waals surface area contributed by atoms with Crippen LogP contribution in [0.3, 0.4) is 0 Å². The van der Waals surface area contributed by atoms with Gasteiger partial charge in [-0.3, -0.25) is 4.79 Å². The summed E-state index contributed by atoms with van der Waals surface area (Å²) in [5.41, 5.74) is 0. The van der Waals surface area contributed by atoms with Gasteiger partial charge in [0.05, 0.1) is 0 Å². The van der Waals surface area contributed by atoms with Gasteiger partial charge in [-0.1, -0.05) is 13.8 Å². The van der Waals surface area contributed by atoms with Crippen molar-refractivity contribution in [3.63, 3.8) is 0 Å². The molecule has 1 fully saturated rings. The number of amides is 1. The second kappa shape index (κ2) is 8.20. The van der Waals surface area contributed by atoms with Crippen molar-refractivity contribution >= 4 is 28.2 Å². The molecule has 1 aliphatic heterocycles. The van der Waals surface area contributed by atoms with Crippen LogP contribution < -0.4 is 5.32 Å². The molecule has 1 amide bonds. The molecule has 0 unspecified atom stereocenters. The number of halogens is 1. The molecule has 0 aromatic rings.